The molecule has 22 heavy (non-hydrogen) atoms. The standard InChI is InChI=1S/C17H18O4S/c1-3-17(20-13-15-7-5-4-6-8-15)21-22(18,19)16-11-9-14(2)10-12-16/h3-12,17H,1,13H2,2H3. The van der Waals surface area contributed by atoms with Crippen LogP contribution in [0.1, 0.15) is 11.1 Å². The van der Waals surface area contributed by atoms with E-state index in [2.05, 4.69) is 6.58 Å². The van der Waals surface area contributed by atoms with Gasteiger partial charge >= 0.3 is 0 Å². The molecule has 0 aliphatic rings. The van der Waals surface area contributed by atoms with Gasteiger partial charge in [-0.15, -0.1) is 0 Å². The zero-order chi connectivity index (χ0) is 16.0. The average Bonchev–Trinajstić information content (AvgIpc) is 2.52. The minimum atomic E-state index is -3.89. The van der Waals surface area contributed by atoms with Gasteiger partial charge in [-0.2, -0.15) is 8.42 Å². The molecule has 5 heteroatoms. The van der Waals surface area contributed by atoms with Crippen LogP contribution in [0, 0.1) is 6.92 Å². The van der Waals surface area contributed by atoms with E-state index < -0.39 is 16.4 Å². The van der Waals surface area contributed by atoms with E-state index in [0.717, 1.165) is 11.1 Å². The summed E-state index contributed by atoms with van der Waals surface area (Å²) in [4.78, 5) is 0.0910. The van der Waals surface area contributed by atoms with Gasteiger partial charge in [0, 0.05) is 0 Å². The highest BCUT2D eigenvalue weighted by atomic mass is 32.2. The molecule has 0 bridgehead atoms. The number of benzene rings is 2. The van der Waals surface area contributed by atoms with Crippen LogP contribution in [0.3, 0.4) is 0 Å². The fourth-order valence-corrected chi connectivity index (χ4v) is 2.74. The molecule has 1 unspecified atom stereocenters. The second-order valence-corrected chi connectivity index (χ2v) is 6.34. The second-order valence-electron chi connectivity index (χ2n) is 4.76. The second kappa shape index (κ2) is 7.35. The summed E-state index contributed by atoms with van der Waals surface area (Å²) in [6.07, 6.45) is 0.279. The van der Waals surface area contributed by atoms with Crippen molar-refractivity contribution in [2.45, 2.75) is 24.7 Å². The highest BCUT2D eigenvalue weighted by molar-refractivity contribution is 7.86. The predicted octanol–water partition coefficient (Wildman–Crippen LogP) is 3.43. The third kappa shape index (κ3) is 4.53. The zero-order valence-electron chi connectivity index (χ0n) is 12.3. The van der Waals surface area contributed by atoms with Gasteiger partial charge in [0.15, 0.2) is 6.29 Å². The summed E-state index contributed by atoms with van der Waals surface area (Å²) in [6.45, 7) is 5.67. The normalized spacial score (nSPS) is 12.8. The summed E-state index contributed by atoms with van der Waals surface area (Å²) < 4.78 is 34.9. The molecule has 0 radical (unpaired) electrons. The number of hydrogen-bond acceptors (Lipinski definition) is 4. The maximum atomic E-state index is 12.2. The molecule has 1 atom stereocenters. The molecule has 0 aliphatic heterocycles. The Morgan fingerprint density at radius 3 is 2.32 bits per heavy atom. The number of rotatable bonds is 7. The lowest BCUT2D eigenvalue weighted by Crippen LogP contribution is -2.19. The Morgan fingerprint density at radius 2 is 1.73 bits per heavy atom. The molecular formula is C17H18O4S. The summed E-state index contributed by atoms with van der Waals surface area (Å²) in [5, 5.41) is 0. The SMILES string of the molecule is C=CC(OCc1ccccc1)OS(=O)(=O)c1ccc(C)cc1. The van der Waals surface area contributed by atoms with Gasteiger partial charge in [-0.25, -0.2) is 4.18 Å². The molecule has 0 N–H and O–H groups in total. The van der Waals surface area contributed by atoms with E-state index in [1.165, 1.54) is 18.2 Å². The molecule has 116 valence electrons. The van der Waals surface area contributed by atoms with Crippen LogP contribution < -0.4 is 0 Å². The first kappa shape index (κ1) is 16.4. The molecule has 0 fully saturated rings. The molecule has 0 amide bonds. The van der Waals surface area contributed by atoms with Crippen molar-refractivity contribution >= 4 is 10.1 Å². The lowest BCUT2D eigenvalue weighted by Gasteiger charge is -2.15. The van der Waals surface area contributed by atoms with E-state index in [1.54, 1.807) is 12.1 Å². The third-order valence-corrected chi connectivity index (χ3v) is 4.27. The van der Waals surface area contributed by atoms with Gasteiger partial charge in [-0.3, -0.25) is 0 Å². The Bertz CT molecular complexity index is 706. The summed E-state index contributed by atoms with van der Waals surface area (Å²) in [6, 6.07) is 15.9. The fourth-order valence-electron chi connectivity index (χ4n) is 1.77. The van der Waals surface area contributed by atoms with Gasteiger partial charge in [0.05, 0.1) is 11.5 Å². The van der Waals surface area contributed by atoms with Crippen LogP contribution in [0.4, 0.5) is 0 Å². The van der Waals surface area contributed by atoms with Crippen molar-refractivity contribution in [3.63, 3.8) is 0 Å². The molecule has 4 nitrogen and oxygen atoms in total. The highest BCUT2D eigenvalue weighted by Gasteiger charge is 2.20. The number of aryl methyl sites for hydroxylation is 1. The summed E-state index contributed by atoms with van der Waals surface area (Å²) in [7, 11) is -3.89. The molecule has 0 spiro atoms. The van der Waals surface area contributed by atoms with Crippen molar-refractivity contribution in [1.82, 2.24) is 0 Å². The van der Waals surface area contributed by atoms with Gasteiger partial charge < -0.3 is 4.74 Å². The lowest BCUT2D eigenvalue weighted by molar-refractivity contribution is -0.0514. The average molecular weight is 318 g/mol. The molecule has 0 saturated carbocycles. The van der Waals surface area contributed by atoms with E-state index in [1.807, 2.05) is 37.3 Å². The summed E-state index contributed by atoms with van der Waals surface area (Å²) in [5.41, 5.74) is 1.89. The summed E-state index contributed by atoms with van der Waals surface area (Å²) >= 11 is 0. The van der Waals surface area contributed by atoms with Crippen LogP contribution in [0.25, 0.3) is 0 Å². The molecule has 0 aromatic heterocycles. The van der Waals surface area contributed by atoms with Crippen LogP contribution in [0.5, 0.6) is 0 Å². The predicted molar refractivity (Wildman–Crippen MR) is 84.7 cm³/mol. The van der Waals surface area contributed by atoms with E-state index in [4.69, 9.17) is 8.92 Å². The molecule has 2 aromatic carbocycles. The lowest BCUT2D eigenvalue weighted by atomic mass is 10.2. The first-order valence-electron chi connectivity index (χ1n) is 6.79. The van der Waals surface area contributed by atoms with Crippen LogP contribution >= 0.6 is 0 Å². The molecule has 0 saturated heterocycles. The molecule has 0 aliphatic carbocycles. The smallest absolute Gasteiger partial charge is 0.299 e. The molecule has 2 rings (SSSR count). The first-order chi connectivity index (χ1) is 10.5. The Hall–Kier alpha value is -1.95. The van der Waals surface area contributed by atoms with Crippen molar-refractivity contribution < 1.29 is 17.3 Å². The van der Waals surface area contributed by atoms with Gasteiger partial charge in [0.25, 0.3) is 10.1 Å². The largest absolute Gasteiger partial charge is 0.343 e. The van der Waals surface area contributed by atoms with Crippen LogP contribution in [-0.2, 0) is 25.6 Å². The Labute approximate surface area is 131 Å². The highest BCUT2D eigenvalue weighted by Crippen LogP contribution is 2.16. The van der Waals surface area contributed by atoms with Crippen LogP contribution in [0.15, 0.2) is 72.1 Å². The topological polar surface area (TPSA) is 52.6 Å². The monoisotopic (exact) mass is 318 g/mol. The van der Waals surface area contributed by atoms with E-state index in [0.29, 0.717) is 0 Å². The van der Waals surface area contributed by atoms with Crippen molar-refractivity contribution in [2.75, 3.05) is 0 Å². The molecule has 2 aromatic rings. The maximum Gasteiger partial charge on any atom is 0.299 e. The molecule has 0 heterocycles. The van der Waals surface area contributed by atoms with Gasteiger partial charge in [-0.05, 0) is 30.7 Å². The van der Waals surface area contributed by atoms with Crippen LogP contribution in [0.2, 0.25) is 0 Å². The van der Waals surface area contributed by atoms with E-state index in [9.17, 15) is 8.42 Å². The van der Waals surface area contributed by atoms with Gasteiger partial charge in [0.2, 0.25) is 0 Å². The van der Waals surface area contributed by atoms with Crippen molar-refractivity contribution in [2.24, 2.45) is 0 Å². The fraction of sp³-hybridized carbons (Fsp3) is 0.176. The molecular weight excluding hydrogens is 300 g/mol. The van der Waals surface area contributed by atoms with E-state index in [-0.39, 0.29) is 11.5 Å². The van der Waals surface area contributed by atoms with Crippen molar-refractivity contribution in [3.05, 3.63) is 78.4 Å². The van der Waals surface area contributed by atoms with Gasteiger partial charge in [0.1, 0.15) is 0 Å². The van der Waals surface area contributed by atoms with Crippen molar-refractivity contribution in [1.29, 1.82) is 0 Å². The minimum absolute atomic E-state index is 0.0910. The van der Waals surface area contributed by atoms with E-state index >= 15 is 0 Å². The van der Waals surface area contributed by atoms with Crippen molar-refractivity contribution in [3.8, 4) is 0 Å². The third-order valence-electron chi connectivity index (χ3n) is 2.98. The van der Waals surface area contributed by atoms with Gasteiger partial charge in [-0.1, -0.05) is 54.6 Å². The minimum Gasteiger partial charge on any atom is -0.343 e. The quantitative estimate of drug-likeness (QED) is 0.446. The Balaban J connectivity index is 2.02. The first-order valence-corrected chi connectivity index (χ1v) is 8.20. The Kier molecular flexibility index (Phi) is 5.49. The zero-order valence-corrected chi connectivity index (χ0v) is 13.1. The number of hydrogen-bond donors (Lipinski definition) is 0. The van der Waals surface area contributed by atoms with Crippen LogP contribution in [-0.4, -0.2) is 14.7 Å². The maximum absolute atomic E-state index is 12.2. The Morgan fingerprint density at radius 1 is 1.09 bits per heavy atom. The summed E-state index contributed by atoms with van der Waals surface area (Å²) in [5.74, 6) is 0. The number of ether oxygens (including phenoxy) is 1.